The number of hydrogen-bond acceptors (Lipinski definition) is 3. The van der Waals surface area contributed by atoms with E-state index in [-0.39, 0.29) is 11.3 Å². The molecule has 0 unspecified atom stereocenters. The van der Waals surface area contributed by atoms with Crippen LogP contribution >= 0.6 is 10.3 Å². The standard InChI is InChI=1S/C25H18F2O3S/c26-18-10-14-21(15-11-18)31(20-6-2-1-3-7-20,22-16-12-19(27)13-17-22)30-25(29)23-8-4-5-9-24(23)28/h1-17,28H. The van der Waals surface area contributed by atoms with Crippen molar-refractivity contribution in [3.8, 4) is 5.75 Å². The number of halogens is 2. The number of phenols is 1. The van der Waals surface area contributed by atoms with Crippen LogP contribution in [0.1, 0.15) is 10.4 Å². The van der Waals surface area contributed by atoms with E-state index in [1.54, 1.807) is 60.7 Å². The molecule has 0 aliphatic heterocycles. The maximum atomic E-state index is 13.7. The van der Waals surface area contributed by atoms with Gasteiger partial charge in [0.25, 0.3) is 0 Å². The van der Waals surface area contributed by atoms with Crippen molar-refractivity contribution in [1.82, 2.24) is 0 Å². The molecule has 0 aliphatic rings. The summed E-state index contributed by atoms with van der Waals surface area (Å²) in [5.74, 6) is -1.83. The number of phenolic OH excluding ortho intramolecular Hbond substituents is 1. The summed E-state index contributed by atoms with van der Waals surface area (Å²) in [4.78, 5) is 15.0. The molecule has 0 heterocycles. The minimum Gasteiger partial charge on any atom is -0.507 e. The van der Waals surface area contributed by atoms with Crippen LogP contribution in [0.4, 0.5) is 8.78 Å². The van der Waals surface area contributed by atoms with Crippen molar-refractivity contribution in [1.29, 1.82) is 0 Å². The summed E-state index contributed by atoms with van der Waals surface area (Å²) < 4.78 is 33.6. The van der Waals surface area contributed by atoms with E-state index in [1.807, 2.05) is 6.07 Å². The summed E-state index contributed by atoms with van der Waals surface area (Å²) in [7, 11) is -2.72. The lowest BCUT2D eigenvalue weighted by atomic mass is 10.2. The van der Waals surface area contributed by atoms with E-state index in [0.717, 1.165) is 0 Å². The van der Waals surface area contributed by atoms with Gasteiger partial charge in [-0.1, -0.05) is 30.3 Å². The number of carbonyl (C=O) groups is 1. The highest BCUT2D eigenvalue weighted by atomic mass is 32.3. The predicted octanol–water partition coefficient (Wildman–Crippen LogP) is 6.72. The summed E-state index contributed by atoms with van der Waals surface area (Å²) in [5.41, 5.74) is -0.000436. The number of rotatable bonds is 5. The number of para-hydroxylation sites is 1. The highest BCUT2D eigenvalue weighted by Crippen LogP contribution is 2.69. The van der Waals surface area contributed by atoms with Crippen molar-refractivity contribution in [2.45, 2.75) is 14.7 Å². The van der Waals surface area contributed by atoms with Gasteiger partial charge in [-0.05, 0) is 83.1 Å². The zero-order valence-electron chi connectivity index (χ0n) is 16.2. The van der Waals surface area contributed by atoms with E-state index in [9.17, 15) is 18.7 Å². The summed E-state index contributed by atoms with van der Waals surface area (Å²) in [6, 6.07) is 26.5. The molecule has 0 aromatic heterocycles. The molecule has 0 radical (unpaired) electrons. The Balaban J connectivity index is 1.97. The Morgan fingerprint density at radius 2 is 1.10 bits per heavy atom. The fraction of sp³-hybridized carbons (Fsp3) is 0. The normalized spacial score (nSPS) is 11.7. The van der Waals surface area contributed by atoms with Crippen LogP contribution in [0.5, 0.6) is 5.75 Å². The molecule has 0 saturated heterocycles. The van der Waals surface area contributed by atoms with Crippen LogP contribution < -0.4 is 0 Å². The topological polar surface area (TPSA) is 46.5 Å². The van der Waals surface area contributed by atoms with Gasteiger partial charge in [-0.25, -0.2) is 13.6 Å². The van der Waals surface area contributed by atoms with Crippen molar-refractivity contribution in [2.75, 3.05) is 0 Å². The molecule has 0 fully saturated rings. The number of carbonyl (C=O) groups excluding carboxylic acids is 1. The third-order valence-electron chi connectivity index (χ3n) is 4.69. The van der Waals surface area contributed by atoms with Crippen LogP contribution in [0.2, 0.25) is 0 Å². The molecular weight excluding hydrogens is 418 g/mol. The minimum atomic E-state index is -2.72. The van der Waals surface area contributed by atoms with Crippen LogP contribution in [0.3, 0.4) is 0 Å². The molecule has 4 aromatic carbocycles. The van der Waals surface area contributed by atoms with Gasteiger partial charge in [0, 0.05) is 14.7 Å². The van der Waals surface area contributed by atoms with E-state index >= 15 is 0 Å². The third kappa shape index (κ3) is 4.02. The minimum absolute atomic E-state index is 0.000436. The zero-order valence-corrected chi connectivity index (χ0v) is 17.1. The number of aromatic hydroxyl groups is 1. The molecular formula is C25H18F2O3S. The summed E-state index contributed by atoms with van der Waals surface area (Å²) >= 11 is 0. The number of benzene rings is 4. The van der Waals surface area contributed by atoms with Crippen LogP contribution in [0, 0.1) is 11.6 Å². The molecule has 1 N–H and O–H groups in total. The van der Waals surface area contributed by atoms with Gasteiger partial charge in [-0.3, -0.25) is 0 Å². The molecule has 156 valence electrons. The molecule has 4 rings (SSSR count). The van der Waals surface area contributed by atoms with Crippen molar-refractivity contribution in [2.24, 2.45) is 0 Å². The Labute approximate surface area is 180 Å². The van der Waals surface area contributed by atoms with Crippen LogP contribution in [0.25, 0.3) is 0 Å². The smallest absolute Gasteiger partial charge is 0.353 e. The van der Waals surface area contributed by atoms with Gasteiger partial charge in [-0.2, -0.15) is 0 Å². The molecule has 6 heteroatoms. The van der Waals surface area contributed by atoms with Gasteiger partial charge in [0.15, 0.2) is 0 Å². The second kappa shape index (κ2) is 8.62. The SMILES string of the molecule is O=C(OS(c1ccccc1)(c1ccc(F)cc1)c1ccc(F)cc1)c1ccccc1O. The van der Waals surface area contributed by atoms with Gasteiger partial charge in [-0.15, -0.1) is 0 Å². The molecule has 31 heavy (non-hydrogen) atoms. The van der Waals surface area contributed by atoms with E-state index in [4.69, 9.17) is 4.18 Å². The van der Waals surface area contributed by atoms with E-state index in [2.05, 4.69) is 0 Å². The Bertz CT molecular complexity index is 1150. The molecule has 0 spiro atoms. The van der Waals surface area contributed by atoms with Crippen molar-refractivity contribution < 1.29 is 22.9 Å². The molecule has 0 atom stereocenters. The lowest BCUT2D eigenvalue weighted by Crippen LogP contribution is -2.14. The Morgan fingerprint density at radius 3 is 1.61 bits per heavy atom. The quantitative estimate of drug-likeness (QED) is 0.378. The monoisotopic (exact) mass is 436 g/mol. The first kappa shape index (κ1) is 20.6. The molecule has 0 bridgehead atoms. The van der Waals surface area contributed by atoms with E-state index in [1.165, 1.54) is 36.4 Å². The molecule has 3 nitrogen and oxygen atoms in total. The van der Waals surface area contributed by atoms with E-state index in [0.29, 0.717) is 14.7 Å². The third-order valence-corrected chi connectivity index (χ3v) is 7.90. The molecule has 4 aromatic rings. The summed E-state index contributed by atoms with van der Waals surface area (Å²) in [6.45, 7) is 0. The maximum absolute atomic E-state index is 13.7. The summed E-state index contributed by atoms with van der Waals surface area (Å²) in [5, 5.41) is 10.2. The van der Waals surface area contributed by atoms with Crippen molar-refractivity contribution >= 4 is 16.3 Å². The van der Waals surface area contributed by atoms with Crippen LogP contribution in [-0.4, -0.2) is 11.1 Å². The first-order valence-corrected chi connectivity index (χ1v) is 11.0. The first-order valence-electron chi connectivity index (χ1n) is 9.42. The average Bonchev–Trinajstić information content (AvgIpc) is 2.79. The fourth-order valence-electron chi connectivity index (χ4n) is 3.22. The summed E-state index contributed by atoms with van der Waals surface area (Å²) in [6.07, 6.45) is 0. The largest absolute Gasteiger partial charge is 0.507 e. The fourth-order valence-corrected chi connectivity index (χ4v) is 6.22. The molecule has 0 aliphatic carbocycles. The average molecular weight is 436 g/mol. The second-order valence-corrected chi connectivity index (χ2v) is 9.36. The van der Waals surface area contributed by atoms with Gasteiger partial charge >= 0.3 is 5.97 Å². The van der Waals surface area contributed by atoms with Gasteiger partial charge in [0.2, 0.25) is 0 Å². The Hall–Kier alpha value is -3.64. The van der Waals surface area contributed by atoms with Crippen LogP contribution in [0.15, 0.2) is 118 Å². The first-order chi connectivity index (χ1) is 15.0. The van der Waals surface area contributed by atoms with Gasteiger partial charge < -0.3 is 9.29 Å². The van der Waals surface area contributed by atoms with Crippen molar-refractivity contribution in [3.63, 3.8) is 0 Å². The second-order valence-electron chi connectivity index (χ2n) is 6.67. The Kier molecular flexibility index (Phi) is 5.73. The highest BCUT2D eigenvalue weighted by Gasteiger charge is 2.36. The highest BCUT2D eigenvalue weighted by molar-refractivity contribution is 8.30. The van der Waals surface area contributed by atoms with Crippen molar-refractivity contribution in [3.05, 3.63) is 120 Å². The van der Waals surface area contributed by atoms with E-state index < -0.39 is 27.9 Å². The predicted molar refractivity (Wildman–Crippen MR) is 115 cm³/mol. The maximum Gasteiger partial charge on any atom is 0.353 e. The van der Waals surface area contributed by atoms with Gasteiger partial charge in [0.05, 0.1) is 0 Å². The van der Waals surface area contributed by atoms with Gasteiger partial charge in [0.1, 0.15) is 22.9 Å². The number of hydrogen-bond donors (Lipinski definition) is 1. The molecule has 0 amide bonds. The lowest BCUT2D eigenvalue weighted by Gasteiger charge is -2.39. The molecule has 0 saturated carbocycles. The Morgan fingerprint density at radius 1 is 0.645 bits per heavy atom. The van der Waals surface area contributed by atoms with Crippen LogP contribution in [-0.2, 0) is 4.18 Å². The zero-order chi connectivity index (χ0) is 21.8. The lowest BCUT2D eigenvalue weighted by molar-refractivity contribution is 0.0754.